The first-order chi connectivity index (χ1) is 12.9. The van der Waals surface area contributed by atoms with Gasteiger partial charge in [0.2, 0.25) is 6.10 Å². The predicted octanol–water partition coefficient (Wildman–Crippen LogP) is 3.40. The molecule has 1 aliphatic carbocycles. The molecular formula is C23H29NO3. The fraction of sp³-hybridized carbons (Fsp3) is 0.609. The van der Waals surface area contributed by atoms with E-state index in [4.69, 9.17) is 9.47 Å². The summed E-state index contributed by atoms with van der Waals surface area (Å²) >= 11 is 0. The third-order valence-electron chi connectivity index (χ3n) is 6.52. The van der Waals surface area contributed by atoms with Crippen LogP contribution in [0.5, 0.6) is 0 Å². The Hall–Kier alpha value is -1.83. The highest BCUT2D eigenvalue weighted by Crippen LogP contribution is 2.46. The molecule has 2 aliphatic heterocycles. The average Bonchev–Trinajstić information content (AvgIpc) is 2.63. The molecule has 1 aromatic carbocycles. The fourth-order valence-electron chi connectivity index (χ4n) is 4.94. The summed E-state index contributed by atoms with van der Waals surface area (Å²) in [5, 5.41) is 0. The molecule has 0 radical (unpaired) electrons. The van der Waals surface area contributed by atoms with E-state index in [2.05, 4.69) is 49.6 Å². The van der Waals surface area contributed by atoms with Crippen molar-refractivity contribution in [2.75, 3.05) is 6.54 Å². The highest BCUT2D eigenvalue weighted by atomic mass is 16.6. The third kappa shape index (κ3) is 3.63. The van der Waals surface area contributed by atoms with Gasteiger partial charge in [0.1, 0.15) is 0 Å². The molecule has 1 aromatic rings. The molecule has 3 fully saturated rings. The molecule has 144 valence electrons. The van der Waals surface area contributed by atoms with Gasteiger partial charge >= 0.3 is 5.97 Å². The normalized spacial score (nSPS) is 35.2. The Balaban J connectivity index is 1.56. The SMILES string of the molecule is C[C@@H]1CC[C@@H]2[C@@H](C1)O[C@H]1[C@H](C#CCc3ccccc3)OC(=O)CN1C2(C)C. The van der Waals surface area contributed by atoms with E-state index in [0.717, 1.165) is 18.4 Å². The fourth-order valence-corrected chi connectivity index (χ4v) is 4.94. The summed E-state index contributed by atoms with van der Waals surface area (Å²) in [6, 6.07) is 10.1. The molecular weight excluding hydrogens is 338 g/mol. The van der Waals surface area contributed by atoms with Crippen LogP contribution in [0.4, 0.5) is 0 Å². The van der Waals surface area contributed by atoms with Crippen LogP contribution in [-0.4, -0.2) is 41.4 Å². The van der Waals surface area contributed by atoms with Crippen molar-refractivity contribution in [3.8, 4) is 11.8 Å². The maximum atomic E-state index is 12.3. The van der Waals surface area contributed by atoms with Crippen LogP contribution in [0.25, 0.3) is 0 Å². The maximum absolute atomic E-state index is 12.3. The Kier molecular flexibility index (Phi) is 5.01. The lowest BCUT2D eigenvalue weighted by Crippen LogP contribution is -2.70. The maximum Gasteiger partial charge on any atom is 0.321 e. The Morgan fingerprint density at radius 3 is 2.78 bits per heavy atom. The lowest BCUT2D eigenvalue weighted by atomic mass is 9.69. The van der Waals surface area contributed by atoms with Gasteiger partial charge in [0, 0.05) is 17.9 Å². The second kappa shape index (κ2) is 7.30. The van der Waals surface area contributed by atoms with Gasteiger partial charge in [-0.3, -0.25) is 9.69 Å². The second-order valence-electron chi connectivity index (χ2n) is 8.77. The van der Waals surface area contributed by atoms with Crippen LogP contribution < -0.4 is 0 Å². The number of morpholine rings is 1. The van der Waals surface area contributed by atoms with Crippen LogP contribution in [0.15, 0.2) is 30.3 Å². The van der Waals surface area contributed by atoms with Gasteiger partial charge in [-0.15, -0.1) is 0 Å². The van der Waals surface area contributed by atoms with Gasteiger partial charge in [-0.1, -0.05) is 55.5 Å². The molecule has 4 nitrogen and oxygen atoms in total. The van der Waals surface area contributed by atoms with E-state index in [-0.39, 0.29) is 30.4 Å². The first-order valence-electron chi connectivity index (χ1n) is 10.1. The standard InChI is InChI=1S/C23H29NO3/c1-16-12-13-18-20(14-16)27-22-19(11-7-10-17-8-5-4-6-9-17)26-21(25)15-24(22)23(18,2)3/h4-6,8-9,16,18-20,22H,10,12-15H2,1-3H3/t16-,18-,19+,20-,22+/m1/s1. The van der Waals surface area contributed by atoms with Crippen molar-refractivity contribution in [1.82, 2.24) is 4.90 Å². The minimum atomic E-state index is -0.521. The number of fused-ring (bicyclic) bond motifs is 2. The zero-order valence-corrected chi connectivity index (χ0v) is 16.5. The minimum Gasteiger partial charge on any atom is -0.444 e. The summed E-state index contributed by atoms with van der Waals surface area (Å²) in [5.41, 5.74) is 1.07. The molecule has 5 atom stereocenters. The lowest BCUT2D eigenvalue weighted by Gasteiger charge is -2.58. The van der Waals surface area contributed by atoms with Crippen molar-refractivity contribution < 1.29 is 14.3 Å². The van der Waals surface area contributed by atoms with Crippen molar-refractivity contribution >= 4 is 5.97 Å². The van der Waals surface area contributed by atoms with Crippen LogP contribution in [0.3, 0.4) is 0 Å². The van der Waals surface area contributed by atoms with Crippen molar-refractivity contribution in [2.45, 2.75) is 70.4 Å². The second-order valence-corrected chi connectivity index (χ2v) is 8.77. The summed E-state index contributed by atoms with van der Waals surface area (Å²) in [7, 11) is 0. The van der Waals surface area contributed by atoms with Crippen molar-refractivity contribution in [3.63, 3.8) is 0 Å². The summed E-state index contributed by atoms with van der Waals surface area (Å²) in [4.78, 5) is 14.5. The van der Waals surface area contributed by atoms with E-state index in [1.165, 1.54) is 6.42 Å². The lowest BCUT2D eigenvalue weighted by molar-refractivity contribution is -0.271. The van der Waals surface area contributed by atoms with Crippen LogP contribution in [-0.2, 0) is 20.7 Å². The van der Waals surface area contributed by atoms with Gasteiger partial charge in [0.15, 0.2) is 6.23 Å². The van der Waals surface area contributed by atoms with E-state index in [1.807, 2.05) is 18.2 Å². The highest BCUT2D eigenvalue weighted by molar-refractivity contribution is 5.73. The van der Waals surface area contributed by atoms with Gasteiger partial charge in [-0.25, -0.2) is 0 Å². The van der Waals surface area contributed by atoms with Crippen molar-refractivity contribution in [2.24, 2.45) is 11.8 Å². The monoisotopic (exact) mass is 367 g/mol. The minimum absolute atomic E-state index is 0.0908. The van der Waals surface area contributed by atoms with Gasteiger partial charge in [0.05, 0.1) is 12.6 Å². The van der Waals surface area contributed by atoms with Crippen molar-refractivity contribution in [1.29, 1.82) is 0 Å². The van der Waals surface area contributed by atoms with Crippen LogP contribution in [0.1, 0.15) is 45.6 Å². The van der Waals surface area contributed by atoms with E-state index in [0.29, 0.717) is 18.3 Å². The number of cyclic esters (lactones) is 1. The van der Waals surface area contributed by atoms with Gasteiger partial charge in [-0.2, -0.15) is 0 Å². The topological polar surface area (TPSA) is 38.8 Å². The summed E-state index contributed by atoms with van der Waals surface area (Å²) in [6.07, 6.45) is 3.55. The first-order valence-corrected chi connectivity index (χ1v) is 10.1. The Morgan fingerprint density at radius 1 is 1.22 bits per heavy atom. The number of ether oxygens (including phenoxy) is 2. The number of nitrogens with zero attached hydrogens (tertiary/aromatic N) is 1. The van der Waals surface area contributed by atoms with E-state index in [9.17, 15) is 4.79 Å². The van der Waals surface area contributed by atoms with Crippen molar-refractivity contribution in [3.05, 3.63) is 35.9 Å². The molecule has 4 rings (SSSR count). The highest BCUT2D eigenvalue weighted by Gasteiger charge is 2.55. The first kappa shape index (κ1) is 18.5. The summed E-state index contributed by atoms with van der Waals surface area (Å²) < 4.78 is 12.1. The molecule has 0 bridgehead atoms. The van der Waals surface area contributed by atoms with Crippen LogP contribution in [0.2, 0.25) is 0 Å². The zero-order valence-electron chi connectivity index (χ0n) is 16.5. The summed E-state index contributed by atoms with van der Waals surface area (Å²) in [6.45, 7) is 7.09. The molecule has 0 unspecified atom stereocenters. The molecule has 3 aliphatic rings. The van der Waals surface area contributed by atoms with Crippen LogP contribution in [0, 0.1) is 23.7 Å². The molecule has 4 heteroatoms. The zero-order chi connectivity index (χ0) is 19.0. The van der Waals surface area contributed by atoms with Gasteiger partial charge < -0.3 is 9.47 Å². The van der Waals surface area contributed by atoms with E-state index >= 15 is 0 Å². The number of hydrogen-bond acceptors (Lipinski definition) is 4. The molecule has 0 N–H and O–H groups in total. The number of hydrogen-bond donors (Lipinski definition) is 0. The van der Waals surface area contributed by atoms with Gasteiger partial charge in [-0.05, 0) is 38.2 Å². The number of benzene rings is 1. The molecule has 0 amide bonds. The molecule has 2 heterocycles. The number of esters is 1. The number of carbonyl (C=O) groups excluding carboxylic acids is 1. The molecule has 0 aromatic heterocycles. The molecule has 2 saturated heterocycles. The quantitative estimate of drug-likeness (QED) is 0.563. The number of carbonyl (C=O) groups is 1. The summed E-state index contributed by atoms with van der Waals surface area (Å²) in [5.74, 6) is 7.31. The van der Waals surface area contributed by atoms with Crippen LogP contribution >= 0.6 is 0 Å². The molecule has 1 saturated carbocycles. The molecule has 27 heavy (non-hydrogen) atoms. The Bertz CT molecular complexity index is 748. The average molecular weight is 367 g/mol. The third-order valence-corrected chi connectivity index (χ3v) is 6.52. The van der Waals surface area contributed by atoms with Gasteiger partial charge in [0.25, 0.3) is 0 Å². The van der Waals surface area contributed by atoms with E-state index in [1.54, 1.807) is 0 Å². The Labute approximate surface area is 162 Å². The predicted molar refractivity (Wildman–Crippen MR) is 104 cm³/mol. The molecule has 0 spiro atoms. The largest absolute Gasteiger partial charge is 0.444 e. The van der Waals surface area contributed by atoms with E-state index < -0.39 is 6.10 Å². The smallest absolute Gasteiger partial charge is 0.321 e. The number of rotatable bonds is 1. The Morgan fingerprint density at radius 2 is 2.00 bits per heavy atom.